The number of ether oxygens (including phenoxy) is 2. The van der Waals surface area contributed by atoms with Crippen molar-refractivity contribution in [3.63, 3.8) is 0 Å². The van der Waals surface area contributed by atoms with Crippen molar-refractivity contribution in [2.24, 2.45) is 5.10 Å². The number of methoxy groups -OCH3 is 1. The van der Waals surface area contributed by atoms with Crippen LogP contribution < -0.4 is 9.47 Å². The third-order valence-corrected chi connectivity index (χ3v) is 4.52. The minimum Gasteiger partial charge on any atom is -0.496 e. The van der Waals surface area contributed by atoms with E-state index in [4.69, 9.17) is 33.3 Å². The van der Waals surface area contributed by atoms with Crippen molar-refractivity contribution >= 4 is 30.0 Å². The van der Waals surface area contributed by atoms with E-state index < -0.39 is 12.2 Å². The molecule has 6 nitrogen and oxygen atoms in total. The molecular weight excluding hydrogens is 422 g/mol. The molecule has 29 heavy (non-hydrogen) atoms. The molecule has 0 saturated carbocycles. The molecule has 0 unspecified atom stereocenters. The number of benzene rings is 2. The van der Waals surface area contributed by atoms with Gasteiger partial charge in [0.2, 0.25) is 10.6 Å². The molecule has 3 aromatic rings. The van der Waals surface area contributed by atoms with Crippen LogP contribution in [0.15, 0.2) is 41.5 Å². The van der Waals surface area contributed by atoms with E-state index in [1.165, 1.54) is 6.21 Å². The van der Waals surface area contributed by atoms with E-state index in [1.807, 2.05) is 13.0 Å². The molecule has 0 radical (unpaired) electrons. The van der Waals surface area contributed by atoms with Crippen LogP contribution in [0.2, 0.25) is 5.02 Å². The van der Waals surface area contributed by atoms with Gasteiger partial charge in [0.15, 0.2) is 0 Å². The molecule has 1 N–H and O–H groups in total. The van der Waals surface area contributed by atoms with E-state index in [1.54, 1.807) is 37.4 Å². The van der Waals surface area contributed by atoms with Crippen molar-refractivity contribution < 1.29 is 18.3 Å². The molecule has 3 rings (SSSR count). The zero-order chi connectivity index (χ0) is 21.0. The summed E-state index contributed by atoms with van der Waals surface area (Å²) in [6.07, 6.45) is -1.39. The van der Waals surface area contributed by atoms with Gasteiger partial charge in [-0.1, -0.05) is 11.6 Å². The van der Waals surface area contributed by atoms with Gasteiger partial charge in [-0.25, -0.2) is 13.9 Å². The first-order chi connectivity index (χ1) is 13.9. The maximum Gasteiger partial charge on any atom is 0.299 e. The number of hydrogen-bond acceptors (Lipinski definition) is 5. The fourth-order valence-corrected chi connectivity index (χ4v) is 3.02. The topological polar surface area (TPSA) is 64.4 Å². The van der Waals surface area contributed by atoms with Crippen LogP contribution in [0, 0.1) is 11.7 Å². The van der Waals surface area contributed by atoms with E-state index in [9.17, 15) is 8.78 Å². The molecule has 0 saturated heterocycles. The van der Waals surface area contributed by atoms with Gasteiger partial charge in [0.25, 0.3) is 6.43 Å². The Morgan fingerprint density at radius 2 is 2.03 bits per heavy atom. The Hall–Kier alpha value is -2.78. The van der Waals surface area contributed by atoms with Gasteiger partial charge in [-0.2, -0.15) is 14.9 Å². The number of hydrogen-bond donors (Lipinski definition) is 1. The molecule has 0 amide bonds. The third kappa shape index (κ3) is 4.99. The molecular formula is C19H17ClF2N4O2S. The van der Waals surface area contributed by atoms with Crippen molar-refractivity contribution in [1.82, 2.24) is 14.9 Å². The van der Waals surface area contributed by atoms with Crippen LogP contribution >= 0.6 is 23.8 Å². The van der Waals surface area contributed by atoms with Crippen LogP contribution in [-0.2, 0) is 6.61 Å². The van der Waals surface area contributed by atoms with Gasteiger partial charge in [0.05, 0.1) is 13.3 Å². The molecule has 2 aromatic carbocycles. The van der Waals surface area contributed by atoms with Crippen LogP contribution in [0.3, 0.4) is 0 Å². The van der Waals surface area contributed by atoms with Crippen LogP contribution in [0.1, 0.15) is 28.9 Å². The number of nitrogens with zero attached hydrogens (tertiary/aromatic N) is 3. The normalized spacial score (nSPS) is 11.4. The molecule has 0 atom stereocenters. The van der Waals surface area contributed by atoms with E-state index >= 15 is 0 Å². The van der Waals surface area contributed by atoms with Gasteiger partial charge in [0.1, 0.15) is 18.1 Å². The lowest BCUT2D eigenvalue weighted by Crippen LogP contribution is -2.02. The molecule has 0 spiro atoms. The molecule has 0 aliphatic rings. The summed E-state index contributed by atoms with van der Waals surface area (Å²) in [5, 5.41) is 10.4. The summed E-state index contributed by atoms with van der Waals surface area (Å²) < 4.78 is 38.1. The number of aromatic nitrogens is 3. The van der Waals surface area contributed by atoms with E-state index in [-0.39, 0.29) is 11.4 Å². The summed E-state index contributed by atoms with van der Waals surface area (Å²) in [5.41, 5.74) is 2.32. The van der Waals surface area contributed by atoms with Crippen molar-refractivity contribution in [3.05, 3.63) is 68.7 Å². The molecule has 0 aliphatic heterocycles. The molecule has 0 bridgehead atoms. The second-order valence-electron chi connectivity index (χ2n) is 6.01. The number of alkyl halides is 2. The Kier molecular flexibility index (Phi) is 6.60. The Bertz CT molecular complexity index is 1100. The van der Waals surface area contributed by atoms with Gasteiger partial charge < -0.3 is 9.47 Å². The summed E-state index contributed by atoms with van der Waals surface area (Å²) >= 11 is 10.9. The molecule has 1 heterocycles. The maximum atomic E-state index is 13.0. The third-order valence-electron chi connectivity index (χ3n) is 4.02. The molecule has 0 fully saturated rings. The van der Waals surface area contributed by atoms with Crippen molar-refractivity contribution in [2.45, 2.75) is 20.0 Å². The monoisotopic (exact) mass is 438 g/mol. The lowest BCUT2D eigenvalue weighted by atomic mass is 10.1. The molecule has 1 aromatic heterocycles. The van der Waals surface area contributed by atoms with E-state index in [0.29, 0.717) is 22.1 Å². The second-order valence-corrected chi connectivity index (χ2v) is 6.84. The highest BCUT2D eigenvalue weighted by Gasteiger charge is 2.16. The highest BCUT2D eigenvalue weighted by Crippen LogP contribution is 2.25. The Labute approximate surface area is 175 Å². The number of aryl methyl sites for hydroxylation is 1. The fourth-order valence-electron chi connectivity index (χ4n) is 2.60. The van der Waals surface area contributed by atoms with E-state index in [2.05, 4.69) is 15.3 Å². The van der Waals surface area contributed by atoms with E-state index in [0.717, 1.165) is 15.8 Å². The van der Waals surface area contributed by atoms with Gasteiger partial charge in [0, 0.05) is 10.6 Å². The second kappa shape index (κ2) is 9.15. The predicted octanol–water partition coefficient (Wildman–Crippen LogP) is 5.31. The number of aromatic amines is 1. The summed E-state index contributed by atoms with van der Waals surface area (Å²) in [6, 6.07) is 10.6. The molecule has 10 heteroatoms. The average Bonchev–Trinajstić information content (AvgIpc) is 3.06. The van der Waals surface area contributed by atoms with Crippen molar-refractivity contribution in [2.75, 3.05) is 7.11 Å². The van der Waals surface area contributed by atoms with Gasteiger partial charge in [-0.05, 0) is 66.7 Å². The zero-order valence-electron chi connectivity index (χ0n) is 15.5. The Morgan fingerprint density at radius 3 is 2.72 bits per heavy atom. The Balaban J connectivity index is 1.83. The van der Waals surface area contributed by atoms with Gasteiger partial charge in [-0.3, -0.25) is 0 Å². The summed E-state index contributed by atoms with van der Waals surface area (Å²) in [4.78, 5) is 0. The minimum atomic E-state index is -2.80. The lowest BCUT2D eigenvalue weighted by molar-refractivity contribution is 0.136. The number of rotatable bonds is 7. The first-order valence-electron chi connectivity index (χ1n) is 8.44. The lowest BCUT2D eigenvalue weighted by Gasteiger charge is -2.13. The SMILES string of the molecule is COc1ccc(/C=N\n2c(C(F)F)n[nH]c2=S)cc1COc1ccc(Cl)cc1C. The van der Waals surface area contributed by atoms with Crippen LogP contribution in [0.4, 0.5) is 8.78 Å². The van der Waals surface area contributed by atoms with Crippen LogP contribution in [-0.4, -0.2) is 28.2 Å². The minimum absolute atomic E-state index is 0.0215. The van der Waals surface area contributed by atoms with Crippen molar-refractivity contribution in [3.8, 4) is 11.5 Å². The van der Waals surface area contributed by atoms with Gasteiger partial charge in [-0.15, -0.1) is 0 Å². The first-order valence-corrected chi connectivity index (χ1v) is 9.23. The molecule has 152 valence electrons. The maximum absolute atomic E-state index is 13.0. The largest absolute Gasteiger partial charge is 0.496 e. The van der Waals surface area contributed by atoms with Crippen molar-refractivity contribution in [1.29, 1.82) is 0 Å². The fraction of sp³-hybridized carbons (Fsp3) is 0.211. The Morgan fingerprint density at radius 1 is 1.28 bits per heavy atom. The number of nitrogens with one attached hydrogen (secondary N) is 1. The summed E-state index contributed by atoms with van der Waals surface area (Å²) in [5.74, 6) is 0.769. The zero-order valence-corrected chi connectivity index (χ0v) is 17.1. The average molecular weight is 439 g/mol. The molecule has 0 aliphatic carbocycles. The quantitative estimate of drug-likeness (QED) is 0.401. The summed E-state index contributed by atoms with van der Waals surface area (Å²) in [7, 11) is 1.56. The van der Waals surface area contributed by atoms with Crippen LogP contribution in [0.25, 0.3) is 0 Å². The summed E-state index contributed by atoms with van der Waals surface area (Å²) in [6.45, 7) is 2.14. The highest BCUT2D eigenvalue weighted by atomic mass is 35.5. The standard InChI is InChI=1S/C19H17ClF2N4O2S/c1-11-7-14(20)4-6-15(11)28-10-13-8-12(3-5-16(13)27-2)9-23-26-18(17(21)22)24-25-19(26)29/h3-9,17H,10H2,1-2H3,(H,25,29)/b23-9-. The smallest absolute Gasteiger partial charge is 0.299 e. The van der Waals surface area contributed by atoms with Gasteiger partial charge >= 0.3 is 0 Å². The first kappa shape index (κ1) is 20.9. The number of H-pyrrole nitrogens is 1. The predicted molar refractivity (Wildman–Crippen MR) is 109 cm³/mol. The van der Waals surface area contributed by atoms with Crippen LogP contribution in [0.5, 0.6) is 11.5 Å². The highest BCUT2D eigenvalue weighted by molar-refractivity contribution is 7.71. The number of halogens is 3.